The molecule has 0 radical (unpaired) electrons. The number of nitrogens with zero attached hydrogens (tertiary/aromatic N) is 2. The summed E-state index contributed by atoms with van der Waals surface area (Å²) in [6, 6.07) is 13.0. The number of aliphatic hydroxyl groups is 1. The standard InChI is InChI=1S/C22H24N4O3S/c1-14(27)15-4-2-5-16(12-15)25-22-23-10-9-18(26-22)19-7-8-20(30-19)21(28)24-13-17-6-3-11-29-17/h2,4-5,7-10,12,14,17,27H,3,6,11,13H2,1H3,(H,24,28)(H,23,25,26). The number of benzene rings is 1. The Morgan fingerprint density at radius 3 is 3.03 bits per heavy atom. The molecule has 1 aliphatic rings. The van der Waals surface area contributed by atoms with E-state index in [-0.39, 0.29) is 12.0 Å². The lowest BCUT2D eigenvalue weighted by atomic mass is 10.1. The van der Waals surface area contributed by atoms with E-state index in [1.165, 1.54) is 11.3 Å². The van der Waals surface area contributed by atoms with E-state index in [1.807, 2.05) is 42.5 Å². The predicted octanol–water partition coefficient (Wildman–Crippen LogP) is 3.91. The molecule has 1 aromatic carbocycles. The largest absolute Gasteiger partial charge is 0.389 e. The van der Waals surface area contributed by atoms with E-state index < -0.39 is 6.10 Å². The zero-order valence-corrected chi connectivity index (χ0v) is 17.5. The van der Waals surface area contributed by atoms with Gasteiger partial charge in [0.05, 0.1) is 27.7 Å². The fraction of sp³-hybridized carbons (Fsp3) is 0.318. The van der Waals surface area contributed by atoms with Crippen LogP contribution in [0.4, 0.5) is 11.6 Å². The second kappa shape index (κ2) is 9.34. The molecule has 156 valence electrons. The van der Waals surface area contributed by atoms with Crippen molar-refractivity contribution in [3.63, 3.8) is 0 Å². The molecule has 1 amide bonds. The summed E-state index contributed by atoms with van der Waals surface area (Å²) in [5, 5.41) is 15.9. The molecule has 1 aliphatic heterocycles. The smallest absolute Gasteiger partial charge is 0.261 e. The number of thiophene rings is 1. The molecule has 0 bridgehead atoms. The maximum Gasteiger partial charge on any atom is 0.261 e. The van der Waals surface area contributed by atoms with E-state index >= 15 is 0 Å². The summed E-state index contributed by atoms with van der Waals surface area (Å²) in [5.74, 6) is 0.358. The molecule has 4 rings (SSSR count). The lowest BCUT2D eigenvalue weighted by molar-refractivity contribution is 0.0861. The summed E-state index contributed by atoms with van der Waals surface area (Å²) in [6.07, 6.45) is 3.30. The van der Waals surface area contributed by atoms with Crippen LogP contribution in [0.25, 0.3) is 10.6 Å². The molecule has 1 fully saturated rings. The number of hydrogen-bond acceptors (Lipinski definition) is 7. The van der Waals surface area contributed by atoms with Gasteiger partial charge in [-0.1, -0.05) is 12.1 Å². The van der Waals surface area contributed by atoms with Gasteiger partial charge >= 0.3 is 0 Å². The van der Waals surface area contributed by atoms with E-state index in [4.69, 9.17) is 4.74 Å². The van der Waals surface area contributed by atoms with Gasteiger partial charge in [-0.3, -0.25) is 4.79 Å². The molecule has 2 unspecified atom stereocenters. The minimum absolute atomic E-state index is 0.0934. The highest BCUT2D eigenvalue weighted by Crippen LogP contribution is 2.28. The quantitative estimate of drug-likeness (QED) is 0.532. The zero-order valence-electron chi connectivity index (χ0n) is 16.7. The SMILES string of the molecule is CC(O)c1cccc(Nc2nccc(-c3ccc(C(=O)NCC4CCCO4)s3)n2)c1. The van der Waals surface area contributed by atoms with E-state index in [0.29, 0.717) is 17.4 Å². The first-order valence-corrected chi connectivity index (χ1v) is 10.8. The molecule has 0 spiro atoms. The van der Waals surface area contributed by atoms with Crippen LogP contribution in [0.2, 0.25) is 0 Å². The normalized spacial score (nSPS) is 16.9. The van der Waals surface area contributed by atoms with Gasteiger partial charge in [-0.05, 0) is 55.7 Å². The molecule has 1 saturated heterocycles. The van der Waals surface area contributed by atoms with Crippen LogP contribution in [0, 0.1) is 0 Å². The van der Waals surface area contributed by atoms with Crippen molar-refractivity contribution < 1.29 is 14.6 Å². The molecule has 3 N–H and O–H groups in total. The van der Waals surface area contributed by atoms with Crippen LogP contribution in [-0.4, -0.2) is 40.2 Å². The Bertz CT molecular complexity index is 1010. The number of aromatic nitrogens is 2. The van der Waals surface area contributed by atoms with Gasteiger partial charge in [0.25, 0.3) is 5.91 Å². The highest BCUT2D eigenvalue weighted by Gasteiger charge is 2.18. The summed E-state index contributed by atoms with van der Waals surface area (Å²) in [5.41, 5.74) is 2.35. The predicted molar refractivity (Wildman–Crippen MR) is 117 cm³/mol. The monoisotopic (exact) mass is 424 g/mol. The number of carbonyl (C=O) groups is 1. The number of anilines is 2. The Hall–Kier alpha value is -2.81. The lowest BCUT2D eigenvalue weighted by Crippen LogP contribution is -2.31. The number of amides is 1. The second-order valence-electron chi connectivity index (χ2n) is 7.20. The van der Waals surface area contributed by atoms with E-state index in [0.717, 1.165) is 41.3 Å². The Kier molecular flexibility index (Phi) is 6.37. The minimum atomic E-state index is -0.546. The van der Waals surface area contributed by atoms with Crippen LogP contribution < -0.4 is 10.6 Å². The van der Waals surface area contributed by atoms with Crippen molar-refractivity contribution in [3.8, 4) is 10.6 Å². The van der Waals surface area contributed by atoms with Gasteiger partial charge in [-0.15, -0.1) is 11.3 Å². The number of aliphatic hydroxyl groups excluding tert-OH is 1. The molecule has 30 heavy (non-hydrogen) atoms. The molecular formula is C22H24N4O3S. The van der Waals surface area contributed by atoms with Crippen LogP contribution in [0.5, 0.6) is 0 Å². The van der Waals surface area contributed by atoms with Crippen molar-refractivity contribution in [2.24, 2.45) is 0 Å². The summed E-state index contributed by atoms with van der Waals surface area (Å²) < 4.78 is 5.55. The first-order valence-electron chi connectivity index (χ1n) is 9.96. The molecular weight excluding hydrogens is 400 g/mol. The molecule has 0 saturated carbocycles. The Morgan fingerprint density at radius 2 is 2.23 bits per heavy atom. The average molecular weight is 425 g/mol. The number of carbonyl (C=O) groups excluding carboxylic acids is 1. The number of rotatable bonds is 7. The summed E-state index contributed by atoms with van der Waals surface area (Å²) in [7, 11) is 0. The Labute approximate surface area is 179 Å². The highest BCUT2D eigenvalue weighted by atomic mass is 32.1. The lowest BCUT2D eigenvalue weighted by Gasteiger charge is -2.10. The van der Waals surface area contributed by atoms with Gasteiger partial charge in [0.2, 0.25) is 5.95 Å². The van der Waals surface area contributed by atoms with Gasteiger partial charge in [-0.25, -0.2) is 9.97 Å². The average Bonchev–Trinajstić information content (AvgIpc) is 3.45. The summed E-state index contributed by atoms with van der Waals surface area (Å²) >= 11 is 1.39. The van der Waals surface area contributed by atoms with Crippen LogP contribution in [-0.2, 0) is 4.74 Å². The van der Waals surface area contributed by atoms with Crippen LogP contribution in [0.3, 0.4) is 0 Å². The first-order chi connectivity index (χ1) is 14.6. The third-order valence-corrected chi connectivity index (χ3v) is 5.98. The first kappa shape index (κ1) is 20.5. The van der Waals surface area contributed by atoms with Crippen molar-refractivity contribution in [3.05, 3.63) is 59.1 Å². The van der Waals surface area contributed by atoms with Gasteiger partial charge in [0.1, 0.15) is 0 Å². The number of ether oxygens (including phenoxy) is 1. The van der Waals surface area contributed by atoms with Crippen molar-refractivity contribution in [2.75, 3.05) is 18.5 Å². The fourth-order valence-electron chi connectivity index (χ4n) is 3.26. The zero-order chi connectivity index (χ0) is 20.9. The molecule has 7 nitrogen and oxygen atoms in total. The van der Waals surface area contributed by atoms with Gasteiger partial charge < -0.3 is 20.5 Å². The molecule has 0 aliphatic carbocycles. The number of hydrogen-bond donors (Lipinski definition) is 3. The Morgan fingerprint density at radius 1 is 1.33 bits per heavy atom. The third-order valence-electron chi connectivity index (χ3n) is 4.88. The molecule has 3 aromatic rings. The Balaban J connectivity index is 1.43. The van der Waals surface area contributed by atoms with Crippen molar-refractivity contribution >= 4 is 28.9 Å². The maximum atomic E-state index is 12.4. The van der Waals surface area contributed by atoms with E-state index in [2.05, 4.69) is 20.6 Å². The van der Waals surface area contributed by atoms with E-state index in [1.54, 1.807) is 13.1 Å². The third kappa shape index (κ3) is 5.02. The van der Waals surface area contributed by atoms with Crippen molar-refractivity contribution in [1.29, 1.82) is 0 Å². The van der Waals surface area contributed by atoms with Crippen LogP contribution >= 0.6 is 11.3 Å². The molecule has 3 heterocycles. The summed E-state index contributed by atoms with van der Waals surface area (Å²) in [6.45, 7) is 3.04. The minimum Gasteiger partial charge on any atom is -0.389 e. The van der Waals surface area contributed by atoms with Crippen molar-refractivity contribution in [2.45, 2.75) is 32.0 Å². The van der Waals surface area contributed by atoms with Gasteiger partial charge in [0, 0.05) is 25.0 Å². The molecule has 2 aromatic heterocycles. The van der Waals surface area contributed by atoms with Crippen LogP contribution in [0.15, 0.2) is 48.7 Å². The van der Waals surface area contributed by atoms with E-state index in [9.17, 15) is 9.90 Å². The van der Waals surface area contributed by atoms with Crippen LogP contribution in [0.1, 0.15) is 41.1 Å². The fourth-order valence-corrected chi connectivity index (χ4v) is 4.15. The topological polar surface area (TPSA) is 96.4 Å². The van der Waals surface area contributed by atoms with Crippen molar-refractivity contribution in [1.82, 2.24) is 15.3 Å². The molecule has 2 atom stereocenters. The second-order valence-corrected chi connectivity index (χ2v) is 8.28. The van der Waals surface area contributed by atoms with Gasteiger partial charge in [0.15, 0.2) is 0 Å². The highest BCUT2D eigenvalue weighted by molar-refractivity contribution is 7.17. The maximum absolute atomic E-state index is 12.4. The molecule has 8 heteroatoms. The summed E-state index contributed by atoms with van der Waals surface area (Å²) in [4.78, 5) is 22.8. The number of nitrogens with one attached hydrogen (secondary N) is 2. The van der Waals surface area contributed by atoms with Gasteiger partial charge in [-0.2, -0.15) is 0 Å².